The summed E-state index contributed by atoms with van der Waals surface area (Å²) in [6.07, 6.45) is 0. The average molecular weight is 256 g/mol. The summed E-state index contributed by atoms with van der Waals surface area (Å²) in [4.78, 5) is 11.3. The molecule has 4 nitrogen and oxygen atoms in total. The van der Waals surface area contributed by atoms with Gasteiger partial charge in [0.1, 0.15) is 0 Å². The Morgan fingerprint density at radius 3 is 1.84 bits per heavy atom. The molecule has 0 unspecified atom stereocenters. The predicted molar refractivity (Wildman–Crippen MR) is 77.1 cm³/mol. The number of ether oxygens (including phenoxy) is 1. The van der Waals surface area contributed by atoms with E-state index in [0.717, 1.165) is 17.1 Å². The lowest BCUT2D eigenvalue weighted by Gasteiger charge is -2.08. The van der Waals surface area contributed by atoms with E-state index >= 15 is 0 Å². The Bertz CT molecular complexity index is 547. The van der Waals surface area contributed by atoms with Gasteiger partial charge in [0.15, 0.2) is 0 Å². The zero-order valence-electron chi connectivity index (χ0n) is 10.9. The monoisotopic (exact) mass is 256 g/mol. The van der Waals surface area contributed by atoms with Crippen LogP contribution in [0.3, 0.4) is 0 Å². The van der Waals surface area contributed by atoms with Crippen molar-refractivity contribution in [3.8, 4) is 0 Å². The van der Waals surface area contributed by atoms with E-state index in [1.807, 2.05) is 43.4 Å². The van der Waals surface area contributed by atoms with Crippen molar-refractivity contribution in [2.45, 2.75) is 0 Å². The van der Waals surface area contributed by atoms with Crippen LogP contribution < -0.4 is 10.6 Å². The van der Waals surface area contributed by atoms with E-state index in [1.165, 1.54) is 7.11 Å². The van der Waals surface area contributed by atoms with E-state index in [1.54, 1.807) is 12.1 Å². The molecule has 0 aliphatic carbocycles. The maximum atomic E-state index is 11.3. The molecule has 0 spiro atoms. The maximum absolute atomic E-state index is 11.3. The van der Waals surface area contributed by atoms with Gasteiger partial charge in [-0.15, -0.1) is 0 Å². The number of anilines is 3. The highest BCUT2D eigenvalue weighted by Crippen LogP contribution is 2.19. The summed E-state index contributed by atoms with van der Waals surface area (Å²) in [6.45, 7) is 0. The predicted octanol–water partition coefficient (Wildman–Crippen LogP) is 3.26. The van der Waals surface area contributed by atoms with Gasteiger partial charge in [0.2, 0.25) is 0 Å². The highest BCUT2D eigenvalue weighted by Gasteiger charge is 2.04. The minimum absolute atomic E-state index is 0.329. The average Bonchev–Trinajstić information content (AvgIpc) is 2.48. The van der Waals surface area contributed by atoms with Gasteiger partial charge in [-0.1, -0.05) is 0 Å². The Morgan fingerprint density at radius 2 is 1.37 bits per heavy atom. The first-order valence-corrected chi connectivity index (χ1v) is 5.96. The second-order valence-corrected chi connectivity index (χ2v) is 4.02. The number of hydrogen-bond donors (Lipinski definition) is 2. The highest BCUT2D eigenvalue weighted by molar-refractivity contribution is 5.89. The summed E-state index contributed by atoms with van der Waals surface area (Å²) in [5, 5.41) is 6.32. The molecule has 0 aliphatic rings. The zero-order chi connectivity index (χ0) is 13.7. The fourth-order valence-corrected chi connectivity index (χ4v) is 1.69. The molecule has 0 saturated carbocycles. The van der Waals surface area contributed by atoms with Crippen molar-refractivity contribution < 1.29 is 9.53 Å². The minimum atomic E-state index is -0.329. The quantitative estimate of drug-likeness (QED) is 0.824. The molecule has 2 aromatic rings. The molecule has 0 bridgehead atoms. The van der Waals surface area contributed by atoms with Crippen LogP contribution in [0.4, 0.5) is 17.1 Å². The second-order valence-electron chi connectivity index (χ2n) is 4.02. The normalized spacial score (nSPS) is 9.79. The Kier molecular flexibility index (Phi) is 4.03. The first-order chi connectivity index (χ1) is 9.22. The van der Waals surface area contributed by atoms with Crippen molar-refractivity contribution in [2.24, 2.45) is 0 Å². The Balaban J connectivity index is 2.08. The van der Waals surface area contributed by atoms with E-state index in [2.05, 4.69) is 15.4 Å². The molecule has 98 valence electrons. The summed E-state index contributed by atoms with van der Waals surface area (Å²) < 4.78 is 4.65. The molecule has 19 heavy (non-hydrogen) atoms. The van der Waals surface area contributed by atoms with Gasteiger partial charge in [0.05, 0.1) is 12.7 Å². The third-order valence-corrected chi connectivity index (χ3v) is 2.77. The molecule has 0 saturated heterocycles. The van der Waals surface area contributed by atoms with Gasteiger partial charge < -0.3 is 15.4 Å². The van der Waals surface area contributed by atoms with E-state index in [4.69, 9.17) is 0 Å². The van der Waals surface area contributed by atoms with Crippen LogP contribution in [0.25, 0.3) is 0 Å². The SMILES string of the molecule is CNc1ccc(Nc2ccc(C(=O)OC)cc2)cc1. The summed E-state index contributed by atoms with van der Waals surface area (Å²) in [7, 11) is 3.26. The molecular weight excluding hydrogens is 240 g/mol. The third-order valence-electron chi connectivity index (χ3n) is 2.77. The summed E-state index contributed by atoms with van der Waals surface area (Å²) in [6, 6.07) is 15.1. The number of esters is 1. The van der Waals surface area contributed by atoms with Gasteiger partial charge in [-0.2, -0.15) is 0 Å². The molecule has 0 aromatic heterocycles. The van der Waals surface area contributed by atoms with Crippen LogP contribution in [0.15, 0.2) is 48.5 Å². The molecule has 0 aliphatic heterocycles. The fraction of sp³-hybridized carbons (Fsp3) is 0.133. The van der Waals surface area contributed by atoms with E-state index in [-0.39, 0.29) is 5.97 Å². The molecule has 0 atom stereocenters. The van der Waals surface area contributed by atoms with Crippen molar-refractivity contribution in [1.29, 1.82) is 0 Å². The lowest BCUT2D eigenvalue weighted by Crippen LogP contribution is -2.00. The fourth-order valence-electron chi connectivity index (χ4n) is 1.69. The molecule has 2 rings (SSSR count). The maximum Gasteiger partial charge on any atom is 0.337 e. The standard InChI is InChI=1S/C15H16N2O2/c1-16-12-7-9-14(10-8-12)17-13-5-3-11(4-6-13)15(18)19-2/h3-10,16-17H,1-2H3. The molecule has 0 heterocycles. The summed E-state index contributed by atoms with van der Waals surface area (Å²) in [5.41, 5.74) is 3.51. The van der Waals surface area contributed by atoms with Crippen LogP contribution in [0.5, 0.6) is 0 Å². The topological polar surface area (TPSA) is 50.4 Å². The number of methoxy groups -OCH3 is 1. The van der Waals surface area contributed by atoms with Crippen molar-refractivity contribution in [3.05, 3.63) is 54.1 Å². The minimum Gasteiger partial charge on any atom is -0.465 e. The molecule has 2 N–H and O–H groups in total. The smallest absolute Gasteiger partial charge is 0.337 e. The Morgan fingerprint density at radius 1 is 0.895 bits per heavy atom. The highest BCUT2D eigenvalue weighted by atomic mass is 16.5. The van der Waals surface area contributed by atoms with Gasteiger partial charge in [-0.3, -0.25) is 0 Å². The zero-order valence-corrected chi connectivity index (χ0v) is 10.9. The van der Waals surface area contributed by atoms with E-state index in [9.17, 15) is 4.79 Å². The first kappa shape index (κ1) is 13.0. The van der Waals surface area contributed by atoms with Gasteiger partial charge >= 0.3 is 5.97 Å². The Labute approximate surface area is 112 Å². The number of rotatable bonds is 4. The molecule has 0 fully saturated rings. The largest absolute Gasteiger partial charge is 0.465 e. The molecule has 2 aromatic carbocycles. The van der Waals surface area contributed by atoms with Crippen LogP contribution in [0.1, 0.15) is 10.4 Å². The number of hydrogen-bond acceptors (Lipinski definition) is 4. The summed E-state index contributed by atoms with van der Waals surface area (Å²) in [5.74, 6) is -0.329. The van der Waals surface area contributed by atoms with Gasteiger partial charge in [0, 0.05) is 24.1 Å². The number of nitrogens with one attached hydrogen (secondary N) is 2. The van der Waals surface area contributed by atoms with Crippen LogP contribution in [0.2, 0.25) is 0 Å². The van der Waals surface area contributed by atoms with Crippen molar-refractivity contribution >= 4 is 23.0 Å². The van der Waals surface area contributed by atoms with Crippen LogP contribution in [-0.4, -0.2) is 20.1 Å². The first-order valence-electron chi connectivity index (χ1n) is 5.96. The number of carbonyl (C=O) groups excluding carboxylic acids is 1. The van der Waals surface area contributed by atoms with Gasteiger partial charge in [-0.25, -0.2) is 4.79 Å². The summed E-state index contributed by atoms with van der Waals surface area (Å²) >= 11 is 0. The van der Waals surface area contributed by atoms with Gasteiger partial charge in [0.25, 0.3) is 0 Å². The van der Waals surface area contributed by atoms with Crippen molar-refractivity contribution in [2.75, 3.05) is 24.8 Å². The van der Waals surface area contributed by atoms with Crippen molar-refractivity contribution in [1.82, 2.24) is 0 Å². The lowest BCUT2D eigenvalue weighted by molar-refractivity contribution is 0.0601. The van der Waals surface area contributed by atoms with Crippen LogP contribution in [-0.2, 0) is 4.74 Å². The number of carbonyl (C=O) groups is 1. The van der Waals surface area contributed by atoms with Crippen molar-refractivity contribution in [3.63, 3.8) is 0 Å². The van der Waals surface area contributed by atoms with Crippen LogP contribution in [0, 0.1) is 0 Å². The second kappa shape index (κ2) is 5.91. The number of benzene rings is 2. The van der Waals surface area contributed by atoms with E-state index < -0.39 is 0 Å². The Hall–Kier alpha value is -2.49. The molecule has 4 heteroatoms. The van der Waals surface area contributed by atoms with Gasteiger partial charge in [-0.05, 0) is 48.5 Å². The molecule has 0 amide bonds. The third kappa shape index (κ3) is 3.25. The van der Waals surface area contributed by atoms with E-state index in [0.29, 0.717) is 5.56 Å². The molecule has 0 radical (unpaired) electrons. The molecular formula is C15H16N2O2. The van der Waals surface area contributed by atoms with Crippen LogP contribution >= 0.6 is 0 Å². The lowest BCUT2D eigenvalue weighted by atomic mass is 10.2.